The van der Waals surface area contributed by atoms with Crippen molar-refractivity contribution in [1.82, 2.24) is 9.80 Å². The Bertz CT molecular complexity index is 1100. The van der Waals surface area contributed by atoms with Crippen LogP contribution < -0.4 is 9.46 Å². The van der Waals surface area contributed by atoms with E-state index in [2.05, 4.69) is 4.72 Å². The number of amides is 1. The summed E-state index contributed by atoms with van der Waals surface area (Å²) < 4.78 is 34.7. The SMILES string of the molecule is Cc1ccc(S(=O)(=O)Nc2ccc3c(c2)CC(=O)N([C@H](C)CO)C[C@@H](C)[C@@H](CN(C)C)O3)cc1. The number of carbonyl (C=O) groups excluding carboxylic acids is 1. The Kier molecular flexibility index (Phi) is 8.22. The fourth-order valence-corrected chi connectivity index (χ4v) is 5.05. The molecule has 0 bridgehead atoms. The van der Waals surface area contributed by atoms with Crippen LogP contribution in [-0.4, -0.2) is 75.2 Å². The highest BCUT2D eigenvalue weighted by Gasteiger charge is 2.31. The first-order chi connectivity index (χ1) is 16.0. The highest BCUT2D eigenvalue weighted by molar-refractivity contribution is 7.92. The maximum Gasteiger partial charge on any atom is 0.261 e. The van der Waals surface area contributed by atoms with Crippen molar-refractivity contribution in [2.24, 2.45) is 5.92 Å². The van der Waals surface area contributed by atoms with Gasteiger partial charge in [0.15, 0.2) is 0 Å². The molecule has 1 aliphatic rings. The molecule has 0 saturated heterocycles. The topological polar surface area (TPSA) is 99.2 Å². The van der Waals surface area contributed by atoms with Gasteiger partial charge in [-0.25, -0.2) is 8.42 Å². The third kappa shape index (κ3) is 6.28. The Balaban J connectivity index is 1.97. The normalized spacial score (nSPS) is 20.1. The van der Waals surface area contributed by atoms with Crippen molar-refractivity contribution in [2.75, 3.05) is 38.5 Å². The summed E-state index contributed by atoms with van der Waals surface area (Å²) in [6.07, 6.45) is -0.149. The lowest BCUT2D eigenvalue weighted by molar-refractivity contribution is -0.134. The van der Waals surface area contributed by atoms with E-state index >= 15 is 0 Å². The fourth-order valence-electron chi connectivity index (χ4n) is 4.00. The molecule has 1 heterocycles. The van der Waals surface area contributed by atoms with Gasteiger partial charge in [0.25, 0.3) is 10.0 Å². The molecule has 0 radical (unpaired) electrons. The Morgan fingerprint density at radius 1 is 1.21 bits per heavy atom. The molecule has 1 aliphatic heterocycles. The lowest BCUT2D eigenvalue weighted by Crippen LogP contribution is -2.47. The minimum absolute atomic E-state index is 0.0195. The molecule has 2 N–H and O–H groups in total. The number of aryl methyl sites for hydroxylation is 1. The van der Waals surface area contributed by atoms with Crippen LogP contribution in [0.25, 0.3) is 0 Å². The minimum atomic E-state index is -3.78. The van der Waals surface area contributed by atoms with Crippen molar-refractivity contribution in [2.45, 2.75) is 44.2 Å². The number of aliphatic hydroxyl groups is 1. The number of anilines is 1. The minimum Gasteiger partial charge on any atom is -0.488 e. The van der Waals surface area contributed by atoms with Crippen LogP contribution in [0.15, 0.2) is 47.4 Å². The first-order valence-corrected chi connectivity index (χ1v) is 12.9. The highest BCUT2D eigenvalue weighted by atomic mass is 32.2. The molecule has 2 aromatic carbocycles. The van der Waals surface area contributed by atoms with Crippen LogP contribution in [-0.2, 0) is 21.2 Å². The molecule has 8 nitrogen and oxygen atoms in total. The van der Waals surface area contributed by atoms with Crippen LogP contribution >= 0.6 is 0 Å². The zero-order valence-electron chi connectivity index (χ0n) is 20.5. The zero-order valence-corrected chi connectivity index (χ0v) is 21.3. The molecule has 9 heteroatoms. The van der Waals surface area contributed by atoms with Gasteiger partial charge in [0.2, 0.25) is 5.91 Å². The molecule has 0 unspecified atom stereocenters. The third-order valence-corrected chi connectivity index (χ3v) is 7.44. The van der Waals surface area contributed by atoms with Crippen LogP contribution in [0, 0.1) is 12.8 Å². The first kappa shape index (κ1) is 26.0. The van der Waals surface area contributed by atoms with Crippen molar-refractivity contribution >= 4 is 21.6 Å². The fraction of sp³-hybridized carbons (Fsp3) is 0.480. The van der Waals surface area contributed by atoms with Crippen molar-refractivity contribution in [3.8, 4) is 5.75 Å². The summed E-state index contributed by atoms with van der Waals surface area (Å²) in [5.41, 5.74) is 1.92. The van der Waals surface area contributed by atoms with Gasteiger partial charge in [-0.05, 0) is 58.3 Å². The maximum atomic E-state index is 13.2. The van der Waals surface area contributed by atoms with Crippen molar-refractivity contribution in [3.63, 3.8) is 0 Å². The van der Waals surface area contributed by atoms with Crippen LogP contribution in [0.1, 0.15) is 25.0 Å². The Hall–Kier alpha value is -2.62. The number of carbonyl (C=O) groups is 1. The molecule has 0 fully saturated rings. The smallest absolute Gasteiger partial charge is 0.261 e. The molecule has 1 amide bonds. The van der Waals surface area contributed by atoms with E-state index in [0.29, 0.717) is 30.1 Å². The number of fused-ring (bicyclic) bond motifs is 1. The molecular weight excluding hydrogens is 454 g/mol. The van der Waals surface area contributed by atoms with E-state index in [1.54, 1.807) is 47.4 Å². The van der Waals surface area contributed by atoms with Gasteiger partial charge in [-0.1, -0.05) is 24.6 Å². The summed E-state index contributed by atoms with van der Waals surface area (Å²) in [5, 5.41) is 9.72. The third-order valence-electron chi connectivity index (χ3n) is 6.05. The lowest BCUT2D eigenvalue weighted by Gasteiger charge is -2.33. The first-order valence-electron chi connectivity index (χ1n) is 11.4. The number of hydrogen-bond donors (Lipinski definition) is 2. The lowest BCUT2D eigenvalue weighted by atomic mass is 10.0. The predicted octanol–water partition coefficient (Wildman–Crippen LogP) is 2.51. The number of benzene rings is 2. The second-order valence-corrected chi connectivity index (χ2v) is 11.1. The Labute approximate surface area is 202 Å². The quantitative estimate of drug-likeness (QED) is 0.620. The largest absolute Gasteiger partial charge is 0.488 e. The summed E-state index contributed by atoms with van der Waals surface area (Å²) in [5.74, 6) is 0.442. The van der Waals surface area contributed by atoms with E-state index in [0.717, 1.165) is 5.56 Å². The molecular formula is C25H35N3O5S. The van der Waals surface area contributed by atoms with E-state index < -0.39 is 10.0 Å². The molecule has 2 aromatic rings. The van der Waals surface area contributed by atoms with E-state index in [9.17, 15) is 18.3 Å². The Morgan fingerprint density at radius 2 is 1.88 bits per heavy atom. The summed E-state index contributed by atoms with van der Waals surface area (Å²) in [7, 11) is 0.145. The van der Waals surface area contributed by atoms with E-state index in [1.807, 2.05) is 39.8 Å². The molecule has 34 heavy (non-hydrogen) atoms. The van der Waals surface area contributed by atoms with Crippen molar-refractivity contribution in [1.29, 1.82) is 0 Å². The van der Waals surface area contributed by atoms with Crippen LogP contribution in [0.3, 0.4) is 0 Å². The van der Waals surface area contributed by atoms with Gasteiger partial charge in [-0.3, -0.25) is 9.52 Å². The standard InChI is InChI=1S/C25H35N3O5S/c1-17-6-9-22(10-7-17)34(31,32)26-21-8-11-23-20(12-21)13-25(30)28(19(3)16-29)14-18(2)24(33-23)15-27(4)5/h6-12,18-19,24,26,29H,13-16H2,1-5H3/t18-,19-,24-/m1/s1. The summed E-state index contributed by atoms with van der Waals surface area (Å²) in [4.78, 5) is 17.1. The van der Waals surface area contributed by atoms with Crippen molar-refractivity contribution < 1.29 is 23.1 Å². The van der Waals surface area contributed by atoms with Gasteiger partial charge in [0.05, 0.1) is 24.0 Å². The molecule has 0 spiro atoms. The van der Waals surface area contributed by atoms with Gasteiger partial charge < -0.3 is 19.6 Å². The number of nitrogens with zero attached hydrogens (tertiary/aromatic N) is 2. The Morgan fingerprint density at radius 3 is 2.50 bits per heavy atom. The zero-order chi connectivity index (χ0) is 25.0. The number of rotatable bonds is 7. The molecule has 0 aromatic heterocycles. The molecule has 0 aliphatic carbocycles. The van der Waals surface area contributed by atoms with E-state index in [-0.39, 0.29) is 41.9 Å². The summed E-state index contributed by atoms with van der Waals surface area (Å²) in [6, 6.07) is 11.3. The van der Waals surface area contributed by atoms with E-state index in [1.165, 1.54) is 0 Å². The summed E-state index contributed by atoms with van der Waals surface area (Å²) in [6.45, 7) is 6.72. The van der Waals surface area contributed by atoms with Gasteiger partial charge in [0.1, 0.15) is 11.9 Å². The summed E-state index contributed by atoms with van der Waals surface area (Å²) >= 11 is 0. The predicted molar refractivity (Wildman–Crippen MR) is 133 cm³/mol. The maximum absolute atomic E-state index is 13.2. The second kappa shape index (κ2) is 10.8. The molecule has 186 valence electrons. The van der Waals surface area contributed by atoms with Gasteiger partial charge in [-0.2, -0.15) is 0 Å². The number of likely N-dealkylation sites (N-methyl/N-ethyl adjacent to an activating group) is 1. The number of sulfonamides is 1. The highest BCUT2D eigenvalue weighted by Crippen LogP contribution is 2.30. The average molecular weight is 490 g/mol. The monoisotopic (exact) mass is 489 g/mol. The average Bonchev–Trinajstić information content (AvgIpc) is 2.81. The van der Waals surface area contributed by atoms with Crippen LogP contribution in [0.4, 0.5) is 5.69 Å². The molecule has 0 saturated carbocycles. The second-order valence-electron chi connectivity index (χ2n) is 9.39. The van der Waals surface area contributed by atoms with E-state index in [4.69, 9.17) is 4.74 Å². The molecule has 3 rings (SSSR count). The number of nitrogens with one attached hydrogen (secondary N) is 1. The van der Waals surface area contributed by atoms with Crippen LogP contribution in [0.2, 0.25) is 0 Å². The number of hydrogen-bond acceptors (Lipinski definition) is 6. The van der Waals surface area contributed by atoms with Crippen LogP contribution in [0.5, 0.6) is 5.75 Å². The van der Waals surface area contributed by atoms with Gasteiger partial charge in [0, 0.05) is 30.3 Å². The number of ether oxygens (including phenoxy) is 1. The number of aliphatic hydroxyl groups excluding tert-OH is 1. The van der Waals surface area contributed by atoms with Gasteiger partial charge in [-0.15, -0.1) is 0 Å². The van der Waals surface area contributed by atoms with Gasteiger partial charge >= 0.3 is 0 Å². The molecule has 3 atom stereocenters. The van der Waals surface area contributed by atoms with Crippen molar-refractivity contribution in [3.05, 3.63) is 53.6 Å².